The quantitative estimate of drug-likeness (QED) is 0.368. The number of halogens is 15. The van der Waals surface area contributed by atoms with Gasteiger partial charge >= 0.3 is 40.3 Å². The summed E-state index contributed by atoms with van der Waals surface area (Å²) >= 11 is 0. The van der Waals surface area contributed by atoms with E-state index in [2.05, 4.69) is 0 Å². The van der Waals surface area contributed by atoms with E-state index in [1.807, 2.05) is 0 Å². The Morgan fingerprint density at radius 2 is 0.897 bits per heavy atom. The molecule has 0 amide bonds. The van der Waals surface area contributed by atoms with Crippen molar-refractivity contribution in [3.8, 4) is 0 Å². The van der Waals surface area contributed by atoms with Gasteiger partial charge in [-0.15, -0.1) is 0 Å². The fraction of sp³-hybridized carbons (Fsp3) is 1.00. The van der Waals surface area contributed by atoms with Crippen LogP contribution in [0, 0.1) is 0 Å². The van der Waals surface area contributed by atoms with Crippen LogP contribution in [0.25, 0.3) is 0 Å². The second-order valence-corrected chi connectivity index (χ2v) is 5.37. The highest BCUT2D eigenvalue weighted by atomic mass is 32.3. The van der Waals surface area contributed by atoms with Crippen LogP contribution in [0.5, 0.6) is 0 Å². The van der Waals surface area contributed by atoms with E-state index in [0.29, 0.717) is 0 Å². The van der Waals surface area contributed by atoms with Crippen molar-refractivity contribution in [1.82, 2.24) is 6.15 Å². The van der Waals surface area contributed by atoms with Crippen LogP contribution < -0.4 is 6.15 Å². The summed E-state index contributed by atoms with van der Waals surface area (Å²) in [6.07, 6.45) is -22.6. The first-order chi connectivity index (χ1) is 11.8. The van der Waals surface area contributed by atoms with Crippen LogP contribution in [0.3, 0.4) is 0 Å². The van der Waals surface area contributed by atoms with Crippen molar-refractivity contribution in [2.24, 2.45) is 0 Å². The minimum atomic E-state index is -7.98. The summed E-state index contributed by atoms with van der Waals surface area (Å²) in [5, 5.41) is 0. The Bertz CT molecular complexity index is 610. The number of hydrogen-bond donors (Lipinski definition) is 3. The summed E-state index contributed by atoms with van der Waals surface area (Å²) in [5.74, 6) is -31.0. The Labute approximate surface area is 150 Å². The summed E-state index contributed by atoms with van der Waals surface area (Å²) in [7, 11) is -4.67. The summed E-state index contributed by atoms with van der Waals surface area (Å²) in [4.78, 5) is 0. The Morgan fingerprint density at radius 3 is 1.10 bits per heavy atom. The largest absolute Gasteiger partial charge is 0.460 e. The van der Waals surface area contributed by atoms with Gasteiger partial charge in [-0.25, -0.2) is 17.6 Å². The molecule has 0 radical (unpaired) electrons. The maximum atomic E-state index is 12.7. The van der Waals surface area contributed by atoms with Gasteiger partial charge in [-0.05, 0) is 0 Å². The molecule has 0 saturated heterocycles. The van der Waals surface area contributed by atoms with Crippen LogP contribution in [0.4, 0.5) is 65.9 Å². The predicted octanol–water partition coefficient (Wildman–Crippen LogP) is 4.54. The first-order valence-electron chi connectivity index (χ1n) is 5.61. The summed E-state index contributed by atoms with van der Waals surface area (Å²) < 4.78 is 215. The number of rotatable bonds is 6. The van der Waals surface area contributed by atoms with Gasteiger partial charge < -0.3 is 6.15 Å². The summed E-state index contributed by atoms with van der Waals surface area (Å²) in [6.45, 7) is 0. The zero-order chi connectivity index (χ0) is 23.7. The molecule has 0 aromatic rings. The lowest BCUT2D eigenvalue weighted by atomic mass is 9.93. The number of hydrogen-bond acceptors (Lipinski definition) is 3. The molecule has 0 saturated carbocycles. The Hall–Kier alpha value is -1.22. The third-order valence-electron chi connectivity index (χ3n) is 2.43. The Balaban J connectivity index is -0.000000997. The van der Waals surface area contributed by atoms with Gasteiger partial charge in [0.2, 0.25) is 6.17 Å². The molecule has 29 heavy (non-hydrogen) atoms. The molecule has 0 aromatic carbocycles. The second-order valence-electron chi connectivity index (χ2n) is 4.47. The van der Waals surface area contributed by atoms with Crippen LogP contribution >= 0.6 is 0 Å². The monoisotopic (exact) mass is 499 g/mol. The molecule has 5 N–H and O–H groups in total. The van der Waals surface area contributed by atoms with Gasteiger partial charge in [0.25, 0.3) is 6.43 Å². The molecule has 0 rings (SSSR count). The SMILES string of the molecule is FC(F)C(F)C(F)C(F)(F)C(F)(F)C(F)(F)C(F)(F)C(F)(F)F.N.O=S(=O)(O)O. The van der Waals surface area contributed by atoms with Gasteiger partial charge in [-0.3, -0.25) is 9.11 Å². The van der Waals surface area contributed by atoms with E-state index in [0.717, 1.165) is 0 Å². The maximum absolute atomic E-state index is 12.7. The van der Waals surface area contributed by atoms with E-state index >= 15 is 0 Å². The predicted molar refractivity (Wildman–Crippen MR) is 60.8 cm³/mol. The van der Waals surface area contributed by atoms with Gasteiger partial charge in [-0.2, -0.15) is 56.7 Å². The highest BCUT2D eigenvalue weighted by Gasteiger charge is 2.88. The third-order valence-corrected chi connectivity index (χ3v) is 2.43. The van der Waals surface area contributed by atoms with Crippen LogP contribution in [-0.4, -0.2) is 66.2 Å². The van der Waals surface area contributed by atoms with Crippen molar-refractivity contribution < 1.29 is 83.4 Å². The van der Waals surface area contributed by atoms with Crippen molar-refractivity contribution in [2.75, 3.05) is 0 Å². The first-order valence-corrected chi connectivity index (χ1v) is 7.00. The Kier molecular flexibility index (Phi) is 10.4. The average molecular weight is 499 g/mol. The molecular formula is C8H8F15NO4S. The highest BCUT2D eigenvalue weighted by molar-refractivity contribution is 7.79. The molecule has 0 fully saturated rings. The third kappa shape index (κ3) is 6.91. The van der Waals surface area contributed by atoms with E-state index in [1.165, 1.54) is 0 Å². The molecule has 21 heteroatoms. The standard InChI is InChI=1S/C8H3F15.H3N.H2O4S/c9-1(3(11)12)2(10)4(13,14)5(15,16)6(17,18)7(19,20)8(21,22)23;;1-5(2,3)4/h1-3H;1H3;(H2,1,2,3,4). The molecule has 2 unspecified atom stereocenters. The molecule has 180 valence electrons. The lowest BCUT2D eigenvalue weighted by molar-refractivity contribution is -0.428. The molecule has 0 heterocycles. The van der Waals surface area contributed by atoms with E-state index in [9.17, 15) is 65.9 Å². The minimum Gasteiger partial charge on any atom is -0.344 e. The minimum absolute atomic E-state index is 0. The normalized spacial score (nSPS) is 16.5. The van der Waals surface area contributed by atoms with E-state index in [4.69, 9.17) is 17.5 Å². The van der Waals surface area contributed by atoms with Crippen molar-refractivity contribution in [1.29, 1.82) is 0 Å². The second kappa shape index (κ2) is 9.29. The zero-order valence-electron chi connectivity index (χ0n) is 12.7. The summed E-state index contributed by atoms with van der Waals surface area (Å²) in [6, 6.07) is 0. The van der Waals surface area contributed by atoms with Gasteiger partial charge in [0.1, 0.15) is 0 Å². The van der Waals surface area contributed by atoms with E-state index < -0.39 is 59.0 Å². The van der Waals surface area contributed by atoms with Crippen molar-refractivity contribution >= 4 is 10.4 Å². The molecular weight excluding hydrogens is 491 g/mol. The lowest BCUT2D eigenvalue weighted by Crippen LogP contribution is -2.69. The molecule has 2 atom stereocenters. The summed E-state index contributed by atoms with van der Waals surface area (Å²) in [5.41, 5.74) is 0. The van der Waals surface area contributed by atoms with Gasteiger partial charge in [-0.1, -0.05) is 0 Å². The lowest BCUT2D eigenvalue weighted by Gasteiger charge is -2.38. The van der Waals surface area contributed by atoms with Crippen molar-refractivity contribution in [3.05, 3.63) is 0 Å². The molecule has 0 bridgehead atoms. The molecule has 0 aromatic heterocycles. The van der Waals surface area contributed by atoms with E-state index in [-0.39, 0.29) is 6.15 Å². The fourth-order valence-corrected chi connectivity index (χ4v) is 1.09. The molecule has 0 aliphatic rings. The topological polar surface area (TPSA) is 110 Å². The molecule has 0 aliphatic heterocycles. The highest BCUT2D eigenvalue weighted by Crippen LogP contribution is 2.58. The van der Waals surface area contributed by atoms with Crippen LogP contribution in [0.2, 0.25) is 0 Å². The Morgan fingerprint density at radius 1 is 0.621 bits per heavy atom. The van der Waals surface area contributed by atoms with Crippen molar-refractivity contribution in [3.63, 3.8) is 0 Å². The zero-order valence-corrected chi connectivity index (χ0v) is 13.5. The van der Waals surface area contributed by atoms with E-state index in [1.54, 1.807) is 0 Å². The maximum Gasteiger partial charge on any atom is 0.460 e. The molecule has 5 nitrogen and oxygen atoms in total. The smallest absolute Gasteiger partial charge is 0.344 e. The average Bonchev–Trinajstić information content (AvgIpc) is 2.41. The van der Waals surface area contributed by atoms with Gasteiger partial charge in [0, 0.05) is 0 Å². The molecule has 0 spiro atoms. The number of alkyl halides is 15. The van der Waals surface area contributed by atoms with Crippen LogP contribution in [0.1, 0.15) is 0 Å². The van der Waals surface area contributed by atoms with Gasteiger partial charge in [0.05, 0.1) is 0 Å². The van der Waals surface area contributed by atoms with Gasteiger partial charge in [0.15, 0.2) is 6.17 Å². The van der Waals surface area contributed by atoms with Crippen molar-refractivity contribution in [2.45, 2.75) is 48.6 Å². The molecule has 0 aliphatic carbocycles. The van der Waals surface area contributed by atoms with Crippen LogP contribution in [0.15, 0.2) is 0 Å². The fourth-order valence-electron chi connectivity index (χ4n) is 1.09. The first kappa shape index (κ1) is 32.4. The van der Waals surface area contributed by atoms with Crippen LogP contribution in [-0.2, 0) is 10.4 Å².